The highest BCUT2D eigenvalue weighted by Gasteiger charge is 2.19. The Morgan fingerprint density at radius 3 is 2.00 bits per heavy atom. The maximum Gasteiger partial charge on any atom is 0.319 e. The van der Waals surface area contributed by atoms with E-state index in [0.29, 0.717) is 41.4 Å². The number of urea groups is 1. The van der Waals surface area contributed by atoms with Gasteiger partial charge in [0.1, 0.15) is 0 Å². The van der Waals surface area contributed by atoms with Crippen LogP contribution in [0.3, 0.4) is 0 Å². The fourth-order valence-corrected chi connectivity index (χ4v) is 3.18. The van der Waals surface area contributed by atoms with Crippen molar-refractivity contribution < 1.29 is 19.0 Å². The average molecular weight is 382 g/mol. The van der Waals surface area contributed by atoms with Gasteiger partial charge < -0.3 is 24.8 Å². The number of carbonyl (C=O) groups is 1. The van der Waals surface area contributed by atoms with Gasteiger partial charge in [0.2, 0.25) is 5.75 Å². The minimum Gasteiger partial charge on any atom is -0.493 e. The fraction of sp³-hybridized carbons (Fsp3) is 0.650. The van der Waals surface area contributed by atoms with Crippen molar-refractivity contribution >= 4 is 11.7 Å². The summed E-state index contributed by atoms with van der Waals surface area (Å²) in [6, 6.07) is 3.46. The van der Waals surface area contributed by atoms with Crippen molar-refractivity contribution in [1.82, 2.24) is 10.2 Å². The molecule has 1 aromatic rings. The molecule has 7 heteroatoms. The Kier molecular flexibility index (Phi) is 9.78. The van der Waals surface area contributed by atoms with Crippen molar-refractivity contribution in [3.8, 4) is 17.2 Å². The van der Waals surface area contributed by atoms with E-state index < -0.39 is 0 Å². The van der Waals surface area contributed by atoms with Crippen molar-refractivity contribution in [3.63, 3.8) is 0 Å². The number of hydrogen-bond acceptors (Lipinski definition) is 5. The molecule has 1 aromatic carbocycles. The zero-order valence-corrected chi connectivity index (χ0v) is 17.7. The van der Waals surface area contributed by atoms with Gasteiger partial charge >= 0.3 is 6.03 Å². The Hall–Kier alpha value is -2.15. The van der Waals surface area contributed by atoms with Crippen LogP contribution in [0.2, 0.25) is 0 Å². The van der Waals surface area contributed by atoms with Crippen LogP contribution in [-0.4, -0.2) is 57.9 Å². The Bertz CT molecular complexity index is 564. The molecular weight excluding hydrogens is 346 g/mol. The van der Waals surface area contributed by atoms with E-state index in [1.54, 1.807) is 33.5 Å². The molecule has 0 aliphatic rings. The fourth-order valence-electron chi connectivity index (χ4n) is 3.18. The summed E-state index contributed by atoms with van der Waals surface area (Å²) >= 11 is 0. The first kappa shape index (κ1) is 22.9. The van der Waals surface area contributed by atoms with Crippen LogP contribution in [-0.2, 0) is 0 Å². The molecule has 0 unspecified atom stereocenters. The second-order valence-electron chi connectivity index (χ2n) is 6.75. The summed E-state index contributed by atoms with van der Waals surface area (Å²) in [7, 11) is 4.63. The maximum atomic E-state index is 12.4. The van der Waals surface area contributed by atoms with Gasteiger partial charge in [-0.25, -0.2) is 4.79 Å². The van der Waals surface area contributed by atoms with Gasteiger partial charge in [-0.15, -0.1) is 0 Å². The van der Waals surface area contributed by atoms with E-state index in [2.05, 4.69) is 43.2 Å². The van der Waals surface area contributed by atoms with Gasteiger partial charge in [0.05, 0.1) is 27.0 Å². The number of carbonyl (C=O) groups excluding carboxylic acids is 1. The second-order valence-corrected chi connectivity index (χ2v) is 6.75. The molecule has 0 saturated heterocycles. The van der Waals surface area contributed by atoms with Gasteiger partial charge in [0.25, 0.3) is 0 Å². The molecule has 0 spiro atoms. The molecule has 0 heterocycles. The van der Waals surface area contributed by atoms with Crippen molar-refractivity contribution in [2.45, 2.75) is 40.2 Å². The molecule has 0 aliphatic heterocycles. The van der Waals surface area contributed by atoms with Crippen molar-refractivity contribution in [3.05, 3.63) is 12.1 Å². The van der Waals surface area contributed by atoms with E-state index in [-0.39, 0.29) is 6.03 Å². The number of hydrogen-bond donors (Lipinski definition) is 2. The Morgan fingerprint density at radius 1 is 1.04 bits per heavy atom. The van der Waals surface area contributed by atoms with E-state index in [4.69, 9.17) is 14.2 Å². The molecule has 0 aromatic heterocycles. The van der Waals surface area contributed by atoms with Gasteiger partial charge in [-0.1, -0.05) is 27.7 Å². The maximum absolute atomic E-state index is 12.4. The highest BCUT2D eigenvalue weighted by molar-refractivity contribution is 5.90. The molecule has 1 atom stereocenters. The Balaban J connectivity index is 2.80. The zero-order chi connectivity index (χ0) is 20.4. The lowest BCUT2D eigenvalue weighted by Gasteiger charge is -2.31. The van der Waals surface area contributed by atoms with Crippen LogP contribution in [0.15, 0.2) is 12.1 Å². The van der Waals surface area contributed by atoms with E-state index in [9.17, 15) is 4.79 Å². The van der Waals surface area contributed by atoms with E-state index >= 15 is 0 Å². The lowest BCUT2D eigenvalue weighted by molar-refractivity contribution is 0.186. The van der Waals surface area contributed by atoms with E-state index in [1.165, 1.54) is 0 Å². The number of likely N-dealkylation sites (N-methyl/N-ethyl adjacent to an activating group) is 1. The molecule has 27 heavy (non-hydrogen) atoms. The number of methoxy groups -OCH3 is 3. The molecular formula is C20H35N3O4. The predicted molar refractivity (Wildman–Crippen MR) is 109 cm³/mol. The van der Waals surface area contributed by atoms with Crippen LogP contribution in [0.4, 0.5) is 10.5 Å². The first-order valence-corrected chi connectivity index (χ1v) is 9.48. The molecule has 0 aliphatic carbocycles. The van der Waals surface area contributed by atoms with Crippen molar-refractivity contribution in [2.75, 3.05) is 46.3 Å². The third-order valence-electron chi connectivity index (χ3n) is 4.49. The largest absolute Gasteiger partial charge is 0.493 e. The van der Waals surface area contributed by atoms with E-state index in [1.807, 2.05) is 0 Å². The van der Waals surface area contributed by atoms with Crippen molar-refractivity contribution in [1.29, 1.82) is 0 Å². The molecule has 1 rings (SSSR count). The number of ether oxygens (including phenoxy) is 3. The standard InChI is InChI=1S/C20H35N3O4/c1-8-23(9-2)16(10-14(3)4)13-21-20(24)22-15-11-17(25-5)19(27-7)18(12-15)26-6/h11-12,14,16H,8-10,13H2,1-7H3,(H2,21,22,24)/t16-/m0/s1. The van der Waals surface area contributed by atoms with Crippen LogP contribution in [0.5, 0.6) is 17.2 Å². The zero-order valence-electron chi connectivity index (χ0n) is 17.7. The minimum atomic E-state index is -0.259. The molecule has 7 nitrogen and oxygen atoms in total. The number of anilines is 1. The average Bonchev–Trinajstić information content (AvgIpc) is 2.65. The summed E-state index contributed by atoms with van der Waals surface area (Å²) in [5.41, 5.74) is 0.574. The molecule has 2 N–H and O–H groups in total. The monoisotopic (exact) mass is 381 g/mol. The van der Waals surface area contributed by atoms with Gasteiger partial charge in [-0.3, -0.25) is 4.90 Å². The molecule has 0 bridgehead atoms. The molecule has 0 fully saturated rings. The summed E-state index contributed by atoms with van der Waals surface area (Å²) in [6.45, 7) is 11.2. The first-order valence-electron chi connectivity index (χ1n) is 9.48. The minimum absolute atomic E-state index is 0.259. The summed E-state index contributed by atoms with van der Waals surface area (Å²) < 4.78 is 15.9. The topological polar surface area (TPSA) is 72.1 Å². The quantitative estimate of drug-likeness (QED) is 0.613. The summed E-state index contributed by atoms with van der Waals surface area (Å²) in [6.07, 6.45) is 1.03. The third kappa shape index (κ3) is 6.82. The molecule has 2 amide bonds. The SMILES string of the molecule is CCN(CC)[C@H](CNC(=O)Nc1cc(OC)c(OC)c(OC)c1)CC(C)C. The summed E-state index contributed by atoms with van der Waals surface area (Å²) in [5, 5.41) is 5.83. The lowest BCUT2D eigenvalue weighted by Crippen LogP contribution is -2.45. The lowest BCUT2D eigenvalue weighted by atomic mass is 10.0. The highest BCUT2D eigenvalue weighted by Crippen LogP contribution is 2.39. The number of rotatable bonds is 11. The van der Waals surface area contributed by atoms with Crippen LogP contribution in [0.1, 0.15) is 34.1 Å². The Labute approximate surface area is 163 Å². The smallest absolute Gasteiger partial charge is 0.319 e. The van der Waals surface area contributed by atoms with Gasteiger partial charge in [0.15, 0.2) is 11.5 Å². The summed E-state index contributed by atoms with van der Waals surface area (Å²) in [5.74, 6) is 2.04. The second kappa shape index (κ2) is 11.5. The number of amides is 2. The van der Waals surface area contributed by atoms with Gasteiger partial charge in [-0.05, 0) is 25.4 Å². The van der Waals surface area contributed by atoms with Crippen LogP contribution in [0.25, 0.3) is 0 Å². The Morgan fingerprint density at radius 2 is 1.59 bits per heavy atom. The normalized spacial score (nSPS) is 12.0. The van der Waals surface area contributed by atoms with Gasteiger partial charge in [-0.2, -0.15) is 0 Å². The third-order valence-corrected chi connectivity index (χ3v) is 4.49. The summed E-state index contributed by atoms with van der Waals surface area (Å²) in [4.78, 5) is 14.8. The number of nitrogens with zero attached hydrogens (tertiary/aromatic N) is 1. The highest BCUT2D eigenvalue weighted by atomic mass is 16.5. The van der Waals surface area contributed by atoms with Crippen LogP contribution < -0.4 is 24.8 Å². The first-order chi connectivity index (χ1) is 12.9. The van der Waals surface area contributed by atoms with Crippen molar-refractivity contribution in [2.24, 2.45) is 5.92 Å². The van der Waals surface area contributed by atoms with Gasteiger partial charge in [0, 0.05) is 24.7 Å². The molecule has 0 radical (unpaired) electrons. The molecule has 0 saturated carbocycles. The molecule has 154 valence electrons. The van der Waals surface area contributed by atoms with Crippen LogP contribution >= 0.6 is 0 Å². The van der Waals surface area contributed by atoms with Crippen LogP contribution in [0, 0.1) is 5.92 Å². The number of nitrogens with one attached hydrogen (secondary N) is 2. The predicted octanol–water partition coefficient (Wildman–Crippen LogP) is 3.59. The van der Waals surface area contributed by atoms with E-state index in [0.717, 1.165) is 19.5 Å². The number of benzene rings is 1.